The molecule has 0 bridgehead atoms. The first-order valence-electron chi connectivity index (χ1n) is 12.1. The molecule has 0 radical (unpaired) electrons. The van der Waals surface area contributed by atoms with Gasteiger partial charge in [0.2, 0.25) is 11.8 Å². The molecule has 12 heteroatoms. The van der Waals surface area contributed by atoms with Gasteiger partial charge in [-0.1, -0.05) is 11.3 Å². The van der Waals surface area contributed by atoms with Crippen molar-refractivity contribution in [2.24, 2.45) is 0 Å². The molecule has 0 spiro atoms. The van der Waals surface area contributed by atoms with E-state index in [4.69, 9.17) is 9.47 Å². The predicted molar refractivity (Wildman–Crippen MR) is 130 cm³/mol. The zero-order valence-corrected chi connectivity index (χ0v) is 20.1. The number of hydrogen-bond donors (Lipinski definition) is 1. The van der Waals surface area contributed by atoms with Crippen LogP contribution in [0.15, 0.2) is 30.5 Å². The van der Waals surface area contributed by atoms with Gasteiger partial charge in [-0.25, -0.2) is 18.0 Å². The second-order valence-corrected chi connectivity index (χ2v) is 9.45. The molecule has 2 saturated heterocycles. The number of alkyl halides is 2. The fourth-order valence-electron chi connectivity index (χ4n) is 4.95. The maximum absolute atomic E-state index is 15.0. The molecule has 0 saturated carbocycles. The van der Waals surface area contributed by atoms with Gasteiger partial charge in [0.05, 0.1) is 44.0 Å². The van der Waals surface area contributed by atoms with Crippen LogP contribution in [0.3, 0.4) is 0 Å². The SMILES string of the molecule is COc1nc(N[C@@H]2CCN(C3COC3)C[C@H]2F)nn2ccc(-c3ccc4nnn([C@@H](C)CF)c4c3)c12. The van der Waals surface area contributed by atoms with Crippen LogP contribution in [-0.2, 0) is 4.74 Å². The van der Waals surface area contributed by atoms with Gasteiger partial charge >= 0.3 is 0 Å². The lowest BCUT2D eigenvalue weighted by molar-refractivity contribution is -0.0794. The first-order chi connectivity index (χ1) is 17.6. The van der Waals surface area contributed by atoms with Gasteiger partial charge in [-0.3, -0.25) is 4.90 Å². The second kappa shape index (κ2) is 9.25. The van der Waals surface area contributed by atoms with Gasteiger partial charge in [0.1, 0.15) is 23.9 Å². The van der Waals surface area contributed by atoms with Crippen LogP contribution in [0, 0.1) is 0 Å². The molecule has 3 atom stereocenters. The lowest BCUT2D eigenvalue weighted by atomic mass is 10.0. The molecule has 2 fully saturated rings. The molecule has 6 rings (SSSR count). The Morgan fingerprint density at radius 2 is 2.14 bits per heavy atom. The summed E-state index contributed by atoms with van der Waals surface area (Å²) in [5.41, 5.74) is 3.83. The van der Waals surface area contributed by atoms with E-state index >= 15 is 0 Å². The fraction of sp³-hybridized carbons (Fsp3) is 0.500. The molecule has 2 aliphatic heterocycles. The molecule has 5 heterocycles. The molecule has 10 nitrogen and oxygen atoms in total. The van der Waals surface area contributed by atoms with E-state index in [1.54, 1.807) is 23.2 Å². The number of anilines is 1. The largest absolute Gasteiger partial charge is 0.479 e. The molecular formula is C24H28F2N8O2. The van der Waals surface area contributed by atoms with Crippen LogP contribution >= 0.6 is 0 Å². The van der Waals surface area contributed by atoms with Gasteiger partial charge in [-0.15, -0.1) is 10.2 Å². The van der Waals surface area contributed by atoms with E-state index in [2.05, 4.69) is 30.6 Å². The first-order valence-corrected chi connectivity index (χ1v) is 12.1. The maximum atomic E-state index is 15.0. The molecule has 190 valence electrons. The monoisotopic (exact) mass is 498 g/mol. The topological polar surface area (TPSA) is 94.6 Å². The predicted octanol–water partition coefficient (Wildman–Crippen LogP) is 2.90. The van der Waals surface area contributed by atoms with Crippen LogP contribution in [0.4, 0.5) is 14.7 Å². The summed E-state index contributed by atoms with van der Waals surface area (Å²) < 4.78 is 42.4. The third kappa shape index (κ3) is 3.94. The van der Waals surface area contributed by atoms with Crippen LogP contribution in [0.25, 0.3) is 27.7 Å². The van der Waals surface area contributed by atoms with E-state index in [1.165, 1.54) is 0 Å². The minimum Gasteiger partial charge on any atom is -0.479 e. The lowest BCUT2D eigenvalue weighted by Crippen LogP contribution is -2.57. The standard InChI is InChI=1S/C24H28F2N8O2/c1-14(10-25)34-21-9-15(3-4-20(21)29-31-34)17-5-8-33-22(17)23(35-2)28-24(30-33)27-19-6-7-32(11-18(19)26)16-12-36-13-16/h3-5,8-9,14,16,18-19H,6-7,10-13H2,1-2H3,(H,27,30)/t14-,18+,19+/m0/s1. The minimum absolute atomic E-state index is 0.309. The third-order valence-corrected chi connectivity index (χ3v) is 7.12. The van der Waals surface area contributed by atoms with Gasteiger partial charge in [-0.05, 0) is 37.1 Å². The number of nitrogens with zero attached hydrogens (tertiary/aromatic N) is 7. The van der Waals surface area contributed by atoms with Gasteiger partial charge in [0.15, 0.2) is 0 Å². The van der Waals surface area contributed by atoms with Crippen LogP contribution in [0.2, 0.25) is 0 Å². The highest BCUT2D eigenvalue weighted by atomic mass is 19.1. The molecule has 36 heavy (non-hydrogen) atoms. The van der Waals surface area contributed by atoms with Crippen LogP contribution in [0.5, 0.6) is 5.88 Å². The van der Waals surface area contributed by atoms with E-state index in [9.17, 15) is 8.78 Å². The van der Waals surface area contributed by atoms with Crippen molar-refractivity contribution in [2.75, 3.05) is 45.4 Å². The van der Waals surface area contributed by atoms with Gasteiger partial charge in [-0.2, -0.15) is 4.98 Å². The number of hydrogen-bond acceptors (Lipinski definition) is 8. The van der Waals surface area contributed by atoms with E-state index in [0.717, 1.165) is 23.2 Å². The fourth-order valence-corrected chi connectivity index (χ4v) is 4.95. The summed E-state index contributed by atoms with van der Waals surface area (Å²) in [6.07, 6.45) is 1.43. The number of aromatic nitrogens is 6. The van der Waals surface area contributed by atoms with Crippen molar-refractivity contribution < 1.29 is 18.3 Å². The van der Waals surface area contributed by atoms with Crippen LogP contribution in [-0.4, -0.2) is 92.8 Å². The Labute approximate surface area is 206 Å². The highest BCUT2D eigenvalue weighted by molar-refractivity contribution is 5.89. The zero-order chi connectivity index (χ0) is 24.8. The smallest absolute Gasteiger partial charge is 0.244 e. The molecule has 2 aliphatic rings. The molecule has 1 aromatic carbocycles. The number of rotatable bonds is 7. The Hall–Kier alpha value is -3.38. The van der Waals surface area contributed by atoms with Gasteiger partial charge in [0.25, 0.3) is 0 Å². The highest BCUT2D eigenvalue weighted by Gasteiger charge is 2.35. The van der Waals surface area contributed by atoms with Crippen molar-refractivity contribution in [1.82, 2.24) is 34.5 Å². The molecule has 3 aromatic heterocycles. The Morgan fingerprint density at radius 3 is 2.86 bits per heavy atom. The molecule has 1 N–H and O–H groups in total. The van der Waals surface area contributed by atoms with Crippen LogP contribution in [0.1, 0.15) is 19.4 Å². The summed E-state index contributed by atoms with van der Waals surface area (Å²) in [6, 6.07) is 7.15. The Balaban J connectivity index is 1.29. The Morgan fingerprint density at radius 1 is 1.28 bits per heavy atom. The van der Waals surface area contributed by atoms with E-state index in [0.29, 0.717) is 55.1 Å². The van der Waals surface area contributed by atoms with E-state index < -0.39 is 18.9 Å². The summed E-state index contributed by atoms with van der Waals surface area (Å²) in [4.78, 5) is 6.71. The zero-order valence-electron chi connectivity index (χ0n) is 20.1. The second-order valence-electron chi connectivity index (χ2n) is 9.45. The number of ether oxygens (including phenoxy) is 2. The van der Waals surface area contributed by atoms with Gasteiger partial charge < -0.3 is 14.8 Å². The quantitative estimate of drug-likeness (QED) is 0.416. The summed E-state index contributed by atoms with van der Waals surface area (Å²) in [6.45, 7) is 3.75. The highest BCUT2D eigenvalue weighted by Crippen LogP contribution is 2.33. The van der Waals surface area contributed by atoms with Crippen molar-refractivity contribution in [3.8, 4) is 17.0 Å². The lowest BCUT2D eigenvalue weighted by Gasteiger charge is -2.42. The van der Waals surface area contributed by atoms with E-state index in [-0.39, 0.29) is 6.04 Å². The number of benzene rings is 1. The number of methoxy groups -OCH3 is 1. The number of likely N-dealkylation sites (tertiary alicyclic amines) is 1. The minimum atomic E-state index is -1.04. The number of piperidine rings is 1. The molecule has 4 aromatic rings. The first kappa shape index (κ1) is 23.0. The maximum Gasteiger partial charge on any atom is 0.244 e. The van der Waals surface area contributed by atoms with Crippen LogP contribution < -0.4 is 10.1 Å². The van der Waals surface area contributed by atoms with Crippen molar-refractivity contribution in [2.45, 2.75) is 37.6 Å². The summed E-state index contributed by atoms with van der Waals surface area (Å²) in [5.74, 6) is 0.680. The van der Waals surface area contributed by atoms with Crippen molar-refractivity contribution in [1.29, 1.82) is 0 Å². The summed E-state index contributed by atoms with van der Waals surface area (Å²) in [5, 5.41) is 16.0. The number of nitrogens with one attached hydrogen (secondary N) is 1. The third-order valence-electron chi connectivity index (χ3n) is 7.12. The van der Waals surface area contributed by atoms with Crippen molar-refractivity contribution >= 4 is 22.5 Å². The molecule has 0 amide bonds. The Kier molecular flexibility index (Phi) is 5.92. The van der Waals surface area contributed by atoms with Crippen molar-refractivity contribution in [3.05, 3.63) is 30.5 Å². The molecule has 0 unspecified atom stereocenters. The number of halogens is 2. The molecular weight excluding hydrogens is 470 g/mol. The molecule has 0 aliphatic carbocycles. The summed E-state index contributed by atoms with van der Waals surface area (Å²) >= 11 is 0. The van der Waals surface area contributed by atoms with Gasteiger partial charge in [0, 0.05) is 24.8 Å². The number of fused-ring (bicyclic) bond motifs is 2. The van der Waals surface area contributed by atoms with E-state index in [1.807, 2.05) is 30.5 Å². The van der Waals surface area contributed by atoms with Crippen molar-refractivity contribution in [3.63, 3.8) is 0 Å². The average molecular weight is 499 g/mol. The summed E-state index contributed by atoms with van der Waals surface area (Å²) in [7, 11) is 1.55. The Bertz CT molecular complexity index is 1390. The normalized spacial score (nSPS) is 22.1. The average Bonchev–Trinajstić information content (AvgIpc) is 3.47.